The molecule has 0 spiro atoms. The Bertz CT molecular complexity index is 922. The zero-order chi connectivity index (χ0) is 21.4. The van der Waals surface area contributed by atoms with E-state index in [2.05, 4.69) is 5.32 Å². The molecule has 158 valence electrons. The monoisotopic (exact) mass is 474 g/mol. The molecule has 5 nitrogen and oxygen atoms in total. The van der Waals surface area contributed by atoms with Crippen molar-refractivity contribution >= 4 is 56.6 Å². The lowest BCUT2D eigenvalue weighted by molar-refractivity contribution is -0.122. The van der Waals surface area contributed by atoms with Crippen molar-refractivity contribution in [2.45, 2.75) is 25.1 Å². The fourth-order valence-corrected chi connectivity index (χ4v) is 5.14. The molecule has 2 aromatic carbocycles. The van der Waals surface area contributed by atoms with E-state index in [0.29, 0.717) is 34.5 Å². The normalized spacial score (nSPS) is 12.4. The number of halogens is 2. The number of sulfonamides is 1. The van der Waals surface area contributed by atoms with Crippen molar-refractivity contribution in [3.63, 3.8) is 0 Å². The summed E-state index contributed by atoms with van der Waals surface area (Å²) in [5, 5.41) is 3.95. The van der Waals surface area contributed by atoms with Gasteiger partial charge in [0.1, 0.15) is 6.04 Å². The largest absolute Gasteiger partial charge is 0.353 e. The first-order valence-electron chi connectivity index (χ1n) is 9.07. The Kier molecular flexibility index (Phi) is 9.14. The molecule has 0 saturated carbocycles. The molecule has 2 aromatic rings. The van der Waals surface area contributed by atoms with E-state index < -0.39 is 16.1 Å². The van der Waals surface area contributed by atoms with Crippen LogP contribution in [0.15, 0.2) is 48.5 Å². The lowest BCUT2D eigenvalue weighted by Crippen LogP contribution is -2.49. The van der Waals surface area contributed by atoms with Gasteiger partial charge in [-0.1, -0.05) is 48.3 Å². The molecular formula is C20H24Cl2N2O3S2. The summed E-state index contributed by atoms with van der Waals surface area (Å²) in [4.78, 5) is 12.7. The van der Waals surface area contributed by atoms with E-state index in [1.807, 2.05) is 24.3 Å². The van der Waals surface area contributed by atoms with Crippen LogP contribution in [0.2, 0.25) is 10.0 Å². The Balaban J connectivity index is 1.96. The average Bonchev–Trinajstić information content (AvgIpc) is 2.66. The summed E-state index contributed by atoms with van der Waals surface area (Å²) < 4.78 is 25.9. The highest BCUT2D eigenvalue weighted by Crippen LogP contribution is 2.25. The molecule has 1 unspecified atom stereocenters. The summed E-state index contributed by atoms with van der Waals surface area (Å²) in [5.74, 6) is 1.19. The van der Waals surface area contributed by atoms with E-state index in [-0.39, 0.29) is 5.91 Å². The number of rotatable bonds is 10. The van der Waals surface area contributed by atoms with E-state index in [0.717, 1.165) is 21.9 Å². The number of carbonyl (C=O) groups excluding carboxylic acids is 1. The SMILES string of the molecule is CCC(C(=O)NCCSCc1ccc(Cl)cc1)N(c1cccc(Cl)c1)S(C)(=O)=O. The standard InChI is InChI=1S/C20H24Cl2N2O3S2/c1-3-19(24(29(2,26)27)18-6-4-5-17(22)13-18)20(25)23-11-12-28-14-15-7-9-16(21)10-8-15/h4-10,13,19H,3,11-12,14H2,1-2H3,(H,23,25). The van der Waals surface area contributed by atoms with Gasteiger partial charge in [-0.15, -0.1) is 0 Å². The van der Waals surface area contributed by atoms with Crippen LogP contribution in [0.1, 0.15) is 18.9 Å². The van der Waals surface area contributed by atoms with Crippen LogP contribution in [0.25, 0.3) is 0 Å². The van der Waals surface area contributed by atoms with Gasteiger partial charge >= 0.3 is 0 Å². The number of amides is 1. The Morgan fingerprint density at radius 1 is 1.14 bits per heavy atom. The highest BCUT2D eigenvalue weighted by molar-refractivity contribution is 7.98. The van der Waals surface area contributed by atoms with Gasteiger partial charge in [-0.2, -0.15) is 11.8 Å². The Labute approximate surface area is 186 Å². The van der Waals surface area contributed by atoms with Gasteiger partial charge in [0.2, 0.25) is 15.9 Å². The molecule has 0 aliphatic heterocycles. The smallest absolute Gasteiger partial charge is 0.243 e. The van der Waals surface area contributed by atoms with Crippen molar-refractivity contribution in [3.8, 4) is 0 Å². The molecule has 0 radical (unpaired) electrons. The molecule has 0 fully saturated rings. The van der Waals surface area contributed by atoms with Crippen LogP contribution >= 0.6 is 35.0 Å². The second kappa shape index (κ2) is 11.1. The summed E-state index contributed by atoms with van der Waals surface area (Å²) >= 11 is 13.6. The number of hydrogen-bond donors (Lipinski definition) is 1. The predicted molar refractivity (Wildman–Crippen MR) is 123 cm³/mol. The summed E-state index contributed by atoms with van der Waals surface area (Å²) in [6.07, 6.45) is 1.43. The molecule has 0 aliphatic carbocycles. The van der Waals surface area contributed by atoms with Gasteiger partial charge in [-0.05, 0) is 42.3 Å². The van der Waals surface area contributed by atoms with Crippen molar-refractivity contribution in [1.29, 1.82) is 0 Å². The first kappa shape index (κ1) is 23.9. The van der Waals surface area contributed by atoms with Gasteiger partial charge < -0.3 is 5.32 Å². The third-order valence-electron chi connectivity index (χ3n) is 4.12. The first-order valence-corrected chi connectivity index (χ1v) is 12.8. The highest BCUT2D eigenvalue weighted by atomic mass is 35.5. The van der Waals surface area contributed by atoms with Crippen LogP contribution in [-0.4, -0.2) is 38.9 Å². The minimum atomic E-state index is -3.67. The first-order chi connectivity index (χ1) is 13.7. The number of anilines is 1. The number of carbonyl (C=O) groups is 1. The number of benzene rings is 2. The van der Waals surface area contributed by atoms with Crippen molar-refractivity contribution in [3.05, 3.63) is 64.1 Å². The molecule has 0 aromatic heterocycles. The van der Waals surface area contributed by atoms with E-state index in [1.54, 1.807) is 43.0 Å². The van der Waals surface area contributed by atoms with E-state index in [4.69, 9.17) is 23.2 Å². The molecule has 0 aliphatic rings. The van der Waals surface area contributed by atoms with Gasteiger partial charge in [-0.3, -0.25) is 9.10 Å². The number of hydrogen-bond acceptors (Lipinski definition) is 4. The molecule has 1 N–H and O–H groups in total. The molecule has 0 heterocycles. The van der Waals surface area contributed by atoms with Gasteiger partial charge in [0.15, 0.2) is 0 Å². The fraction of sp³-hybridized carbons (Fsp3) is 0.350. The molecule has 0 bridgehead atoms. The van der Waals surface area contributed by atoms with Crippen LogP contribution in [-0.2, 0) is 20.6 Å². The maximum absolute atomic E-state index is 12.7. The quantitative estimate of drug-likeness (QED) is 0.511. The third-order valence-corrected chi connectivity index (χ3v) is 6.82. The second-order valence-corrected chi connectivity index (χ2v) is 10.3. The van der Waals surface area contributed by atoms with Crippen LogP contribution in [0.5, 0.6) is 0 Å². The molecule has 0 saturated heterocycles. The average molecular weight is 475 g/mol. The van der Waals surface area contributed by atoms with E-state index in [9.17, 15) is 13.2 Å². The molecule has 1 amide bonds. The topological polar surface area (TPSA) is 66.5 Å². The minimum absolute atomic E-state index is 0.329. The van der Waals surface area contributed by atoms with E-state index in [1.165, 1.54) is 0 Å². The Morgan fingerprint density at radius 3 is 2.41 bits per heavy atom. The predicted octanol–water partition coefficient (Wildman–Crippen LogP) is 4.59. The van der Waals surface area contributed by atoms with Gasteiger partial charge in [0.25, 0.3) is 0 Å². The van der Waals surface area contributed by atoms with Crippen molar-refractivity contribution in [2.75, 3.05) is 22.9 Å². The molecule has 2 rings (SSSR count). The number of thioether (sulfide) groups is 1. The Morgan fingerprint density at radius 2 is 1.83 bits per heavy atom. The maximum atomic E-state index is 12.7. The fourth-order valence-electron chi connectivity index (χ4n) is 2.81. The van der Waals surface area contributed by atoms with Gasteiger partial charge in [0.05, 0.1) is 11.9 Å². The zero-order valence-corrected chi connectivity index (χ0v) is 19.4. The second-order valence-electron chi connectivity index (χ2n) is 6.43. The summed E-state index contributed by atoms with van der Waals surface area (Å²) in [6, 6.07) is 13.3. The summed E-state index contributed by atoms with van der Waals surface area (Å²) in [5.41, 5.74) is 1.53. The molecule has 9 heteroatoms. The number of nitrogens with zero attached hydrogens (tertiary/aromatic N) is 1. The van der Waals surface area contributed by atoms with E-state index >= 15 is 0 Å². The van der Waals surface area contributed by atoms with Crippen molar-refractivity contribution in [2.24, 2.45) is 0 Å². The Hall–Kier alpha value is -1.41. The van der Waals surface area contributed by atoms with Crippen LogP contribution in [0.4, 0.5) is 5.69 Å². The maximum Gasteiger partial charge on any atom is 0.243 e. The summed E-state index contributed by atoms with van der Waals surface area (Å²) in [6.45, 7) is 2.23. The van der Waals surface area contributed by atoms with Crippen LogP contribution in [0.3, 0.4) is 0 Å². The minimum Gasteiger partial charge on any atom is -0.353 e. The molecule has 1 atom stereocenters. The lowest BCUT2D eigenvalue weighted by atomic mass is 10.2. The molecule has 29 heavy (non-hydrogen) atoms. The summed E-state index contributed by atoms with van der Waals surface area (Å²) in [7, 11) is -3.67. The van der Waals surface area contributed by atoms with Crippen molar-refractivity contribution in [1.82, 2.24) is 5.32 Å². The van der Waals surface area contributed by atoms with Crippen LogP contribution in [0, 0.1) is 0 Å². The van der Waals surface area contributed by atoms with Gasteiger partial charge in [-0.25, -0.2) is 8.42 Å². The highest BCUT2D eigenvalue weighted by Gasteiger charge is 2.31. The van der Waals surface area contributed by atoms with Crippen LogP contribution < -0.4 is 9.62 Å². The van der Waals surface area contributed by atoms with Gasteiger partial charge in [0, 0.05) is 28.1 Å². The number of nitrogens with one attached hydrogen (secondary N) is 1. The molecular weight excluding hydrogens is 451 g/mol. The zero-order valence-electron chi connectivity index (χ0n) is 16.3. The third kappa shape index (κ3) is 7.41. The van der Waals surface area contributed by atoms with Crippen molar-refractivity contribution < 1.29 is 13.2 Å². The lowest BCUT2D eigenvalue weighted by Gasteiger charge is -2.30.